The van der Waals surface area contributed by atoms with Gasteiger partial charge in [0, 0.05) is 19.3 Å². The van der Waals surface area contributed by atoms with Gasteiger partial charge in [0.2, 0.25) is 11.4 Å². The molecule has 0 aliphatic rings. The minimum atomic E-state index is -0.349. The normalized spacial score (nSPS) is 12.5. The number of carbonyl (C=O) groups is 1. The van der Waals surface area contributed by atoms with E-state index in [1.807, 2.05) is 0 Å². The molecule has 0 aromatic heterocycles. The number of aldehydes is 1. The molecular weight excluding hydrogens is 348 g/mol. The summed E-state index contributed by atoms with van der Waals surface area (Å²) in [7, 11) is 0. The first kappa shape index (κ1) is 24.7. The summed E-state index contributed by atoms with van der Waals surface area (Å²) < 4.78 is 0. The fourth-order valence-corrected chi connectivity index (χ4v) is 2.58. The lowest BCUT2D eigenvalue weighted by Crippen LogP contribution is -1.99. The molecule has 0 saturated heterocycles. The molecule has 0 unspecified atom stereocenters. The zero-order valence-corrected chi connectivity index (χ0v) is 16.3. The number of carbonyl (C=O) groups excluding carboxylic acids is 1. The van der Waals surface area contributed by atoms with Crippen LogP contribution in [0.5, 0.6) is 0 Å². The Morgan fingerprint density at radius 1 is 0.778 bits per heavy atom. The van der Waals surface area contributed by atoms with Gasteiger partial charge in [0.15, 0.2) is 0 Å². The average molecular weight is 380 g/mol. The van der Waals surface area contributed by atoms with E-state index in [2.05, 4.69) is 6.92 Å². The number of hydrogen-bond donors (Lipinski definition) is 0. The van der Waals surface area contributed by atoms with Crippen molar-refractivity contribution in [3.05, 3.63) is 55.9 Å². The van der Waals surface area contributed by atoms with Crippen LogP contribution in [0, 0.1) is 20.2 Å². The molecule has 0 fully saturated rings. The fraction of sp³-hybridized carbons (Fsp3) is 0.650. The zero-order valence-electron chi connectivity index (χ0n) is 16.3. The minimum absolute atomic E-state index is 0.205. The van der Waals surface area contributed by atoms with Crippen LogP contribution < -0.4 is 0 Å². The lowest BCUT2D eigenvalue weighted by atomic mass is 10.1. The van der Waals surface area contributed by atoms with Crippen LogP contribution in [-0.4, -0.2) is 16.1 Å². The van der Waals surface area contributed by atoms with Crippen LogP contribution >= 0.6 is 0 Å². The van der Waals surface area contributed by atoms with E-state index in [-0.39, 0.29) is 21.2 Å². The highest BCUT2D eigenvalue weighted by atomic mass is 16.6. The van der Waals surface area contributed by atoms with Crippen LogP contribution in [0.2, 0.25) is 0 Å². The van der Waals surface area contributed by atoms with Gasteiger partial charge in [-0.25, -0.2) is 0 Å². The topological polar surface area (TPSA) is 103 Å². The highest BCUT2D eigenvalue weighted by Gasteiger charge is 2.09. The monoisotopic (exact) mass is 380 g/mol. The van der Waals surface area contributed by atoms with Crippen molar-refractivity contribution in [2.75, 3.05) is 0 Å². The molecule has 0 heterocycles. The van der Waals surface area contributed by atoms with Crippen LogP contribution in [-0.2, 0) is 4.79 Å². The molecule has 0 aromatic rings. The standard InChI is InChI=1S/C20H32N2O5/c1-2-3-9-14-19(21(24)25)16-11-6-7-12-17-20(22(26)27)15-10-5-4-8-13-18-23/h6-7,16-18H,2-5,8-15H2,1H3/b7-6-,19-16+,20-17+. The zero-order chi connectivity index (χ0) is 20.3. The maximum atomic E-state index is 11.1. The Morgan fingerprint density at radius 3 is 1.70 bits per heavy atom. The molecule has 0 atom stereocenters. The van der Waals surface area contributed by atoms with Gasteiger partial charge in [-0.05, 0) is 44.3 Å². The molecule has 0 aromatic carbocycles. The summed E-state index contributed by atoms with van der Waals surface area (Å²) in [4.78, 5) is 31.6. The predicted octanol–water partition coefficient (Wildman–Crippen LogP) is 5.76. The Hall–Kier alpha value is -2.31. The molecule has 0 radical (unpaired) electrons. The molecule has 0 aliphatic carbocycles. The molecule has 0 amide bonds. The number of nitrogens with zero attached hydrogens (tertiary/aromatic N) is 2. The molecule has 0 N–H and O–H groups in total. The van der Waals surface area contributed by atoms with E-state index in [1.54, 1.807) is 24.3 Å². The van der Waals surface area contributed by atoms with Crippen LogP contribution in [0.1, 0.15) is 84.0 Å². The van der Waals surface area contributed by atoms with E-state index in [0.717, 1.165) is 51.2 Å². The first-order valence-corrected chi connectivity index (χ1v) is 9.78. The smallest absolute Gasteiger partial charge is 0.242 e. The number of unbranched alkanes of at least 4 members (excludes halogenated alkanes) is 6. The maximum Gasteiger partial charge on any atom is 0.242 e. The van der Waals surface area contributed by atoms with Crippen LogP contribution in [0.4, 0.5) is 0 Å². The third-order valence-electron chi connectivity index (χ3n) is 4.16. The van der Waals surface area contributed by atoms with Gasteiger partial charge in [0.05, 0.1) is 9.85 Å². The van der Waals surface area contributed by atoms with Crippen LogP contribution in [0.15, 0.2) is 35.7 Å². The number of hydrogen-bond acceptors (Lipinski definition) is 5. The van der Waals surface area contributed by atoms with E-state index >= 15 is 0 Å². The second-order valence-corrected chi connectivity index (χ2v) is 6.42. The quantitative estimate of drug-likeness (QED) is 0.105. The summed E-state index contributed by atoms with van der Waals surface area (Å²) in [5.41, 5.74) is 0.445. The molecular formula is C20H32N2O5. The average Bonchev–Trinajstić information content (AvgIpc) is 2.63. The van der Waals surface area contributed by atoms with Crippen molar-refractivity contribution in [3.63, 3.8) is 0 Å². The van der Waals surface area contributed by atoms with E-state index in [1.165, 1.54) is 0 Å². The van der Waals surface area contributed by atoms with Gasteiger partial charge in [0.25, 0.3) is 0 Å². The van der Waals surface area contributed by atoms with Gasteiger partial charge in [-0.15, -0.1) is 0 Å². The summed E-state index contributed by atoms with van der Waals surface area (Å²) in [5.74, 6) is 0. The Balaban J connectivity index is 4.29. The first-order valence-electron chi connectivity index (χ1n) is 9.78. The predicted molar refractivity (Wildman–Crippen MR) is 106 cm³/mol. The molecule has 7 heteroatoms. The Morgan fingerprint density at radius 2 is 1.26 bits per heavy atom. The van der Waals surface area contributed by atoms with Crippen molar-refractivity contribution in [2.45, 2.75) is 84.0 Å². The first-order chi connectivity index (χ1) is 13.0. The van der Waals surface area contributed by atoms with E-state index in [4.69, 9.17) is 0 Å². The Kier molecular flexibility index (Phi) is 15.7. The lowest BCUT2D eigenvalue weighted by Gasteiger charge is -1.99. The summed E-state index contributed by atoms with van der Waals surface area (Å²) >= 11 is 0. The fourth-order valence-electron chi connectivity index (χ4n) is 2.58. The highest BCUT2D eigenvalue weighted by Crippen LogP contribution is 2.13. The van der Waals surface area contributed by atoms with E-state index in [0.29, 0.717) is 32.1 Å². The molecule has 7 nitrogen and oxygen atoms in total. The summed E-state index contributed by atoms with van der Waals surface area (Å²) in [6.07, 6.45) is 16.2. The molecule has 0 aliphatic heterocycles. The maximum absolute atomic E-state index is 11.1. The second kappa shape index (κ2) is 17.1. The largest absolute Gasteiger partial charge is 0.303 e. The minimum Gasteiger partial charge on any atom is -0.303 e. The van der Waals surface area contributed by atoms with Gasteiger partial charge in [0.1, 0.15) is 6.29 Å². The Bertz CT molecular complexity index is 538. The molecule has 0 rings (SSSR count). The molecule has 0 bridgehead atoms. The van der Waals surface area contributed by atoms with Crippen molar-refractivity contribution < 1.29 is 14.6 Å². The molecule has 0 spiro atoms. The van der Waals surface area contributed by atoms with Gasteiger partial charge < -0.3 is 4.79 Å². The summed E-state index contributed by atoms with van der Waals surface area (Å²) in [6.45, 7) is 2.05. The van der Waals surface area contributed by atoms with Crippen molar-refractivity contribution >= 4 is 6.29 Å². The van der Waals surface area contributed by atoms with Gasteiger partial charge in [-0.3, -0.25) is 20.2 Å². The van der Waals surface area contributed by atoms with Gasteiger partial charge in [-0.2, -0.15) is 0 Å². The summed E-state index contributed by atoms with van der Waals surface area (Å²) in [6, 6.07) is 0. The number of rotatable bonds is 17. The molecule has 27 heavy (non-hydrogen) atoms. The van der Waals surface area contributed by atoms with E-state index in [9.17, 15) is 25.0 Å². The third kappa shape index (κ3) is 14.5. The second-order valence-electron chi connectivity index (χ2n) is 6.42. The van der Waals surface area contributed by atoms with Gasteiger partial charge in [-0.1, -0.05) is 44.8 Å². The van der Waals surface area contributed by atoms with Crippen molar-refractivity contribution in [1.82, 2.24) is 0 Å². The van der Waals surface area contributed by atoms with Crippen molar-refractivity contribution in [1.29, 1.82) is 0 Å². The third-order valence-corrected chi connectivity index (χ3v) is 4.16. The molecule has 0 saturated carbocycles. The lowest BCUT2D eigenvalue weighted by molar-refractivity contribution is -0.428. The van der Waals surface area contributed by atoms with Crippen molar-refractivity contribution in [3.8, 4) is 0 Å². The SMILES string of the molecule is CCCCC/C(=C\C/C=C\C/C=C(\CCCCCCC=O)[N+](=O)[O-])[N+](=O)[O-]. The summed E-state index contributed by atoms with van der Waals surface area (Å²) in [5, 5.41) is 22.0. The van der Waals surface area contributed by atoms with E-state index < -0.39 is 0 Å². The number of nitro groups is 2. The number of allylic oxidation sites excluding steroid dienone is 6. The van der Waals surface area contributed by atoms with Crippen molar-refractivity contribution in [2.24, 2.45) is 0 Å². The Labute approximate surface area is 161 Å². The van der Waals surface area contributed by atoms with Crippen LogP contribution in [0.3, 0.4) is 0 Å². The molecule has 152 valence electrons. The van der Waals surface area contributed by atoms with Crippen LogP contribution in [0.25, 0.3) is 0 Å². The highest BCUT2D eigenvalue weighted by molar-refractivity contribution is 5.48. The van der Waals surface area contributed by atoms with Gasteiger partial charge >= 0.3 is 0 Å².